The number of amides is 1. The normalized spacial score (nSPS) is 9.00. The van der Waals surface area contributed by atoms with Gasteiger partial charge in [-0.2, -0.15) is 0 Å². The number of aromatic nitrogens is 1. The molecular weight excluding hydrogens is 418 g/mol. The van der Waals surface area contributed by atoms with Crippen LogP contribution < -0.4 is 14.8 Å². The van der Waals surface area contributed by atoms with Crippen molar-refractivity contribution in [3.63, 3.8) is 0 Å². The Labute approximate surface area is 202 Å². The molecule has 0 spiro atoms. The third-order valence-corrected chi connectivity index (χ3v) is 3.59. The highest BCUT2D eigenvalue weighted by Gasteiger charge is 2.12. The van der Waals surface area contributed by atoms with Crippen LogP contribution in [0, 0.1) is 0 Å². The molecule has 1 aromatic heterocycles. The van der Waals surface area contributed by atoms with Crippen molar-refractivity contribution >= 4 is 22.6 Å². The zero-order chi connectivity index (χ0) is 26.4. The minimum absolute atomic E-state index is 0.0283. The van der Waals surface area contributed by atoms with E-state index in [9.17, 15) is 9.59 Å². The van der Waals surface area contributed by atoms with E-state index < -0.39 is 0 Å². The van der Waals surface area contributed by atoms with Crippen molar-refractivity contribution in [1.29, 1.82) is 0 Å². The van der Waals surface area contributed by atoms with Gasteiger partial charge in [-0.25, -0.2) is 0 Å². The molecule has 0 aliphatic carbocycles. The molecule has 7 heteroatoms. The molecule has 0 aliphatic rings. The van der Waals surface area contributed by atoms with Crippen molar-refractivity contribution in [3.8, 4) is 11.5 Å². The second-order valence-corrected chi connectivity index (χ2v) is 6.11. The van der Waals surface area contributed by atoms with Crippen molar-refractivity contribution in [1.82, 2.24) is 15.2 Å². The number of ether oxygens (including phenoxy) is 2. The van der Waals surface area contributed by atoms with Gasteiger partial charge in [-0.3, -0.25) is 9.59 Å². The number of benzene rings is 1. The monoisotopic (exact) mass is 467 g/mol. The Morgan fingerprint density at radius 3 is 1.85 bits per heavy atom. The molecule has 2 rings (SSSR count). The van der Waals surface area contributed by atoms with Crippen LogP contribution in [0.1, 0.15) is 79.7 Å². The van der Waals surface area contributed by atoms with E-state index in [4.69, 9.17) is 9.47 Å². The summed E-state index contributed by atoms with van der Waals surface area (Å²) in [4.78, 5) is 27.6. The van der Waals surface area contributed by atoms with Gasteiger partial charge in [0.1, 0.15) is 13.2 Å². The lowest BCUT2D eigenvalue weighted by Gasteiger charge is -2.15. The Hall–Kier alpha value is -2.54. The molecule has 0 fully saturated rings. The summed E-state index contributed by atoms with van der Waals surface area (Å²) in [7, 11) is 3.95. The molecule has 2 aromatic rings. The van der Waals surface area contributed by atoms with E-state index in [2.05, 4.69) is 10.3 Å². The van der Waals surface area contributed by atoms with Gasteiger partial charge in [0.2, 0.25) is 5.91 Å². The SMILES string of the molecule is CC.CC.CC.CC.CC(=O)NCCOc1cc2[nH]c(C(C)=O)cc2cc1OCCN(C)C. The Bertz CT molecular complexity index is 755. The van der Waals surface area contributed by atoms with Crippen LogP contribution in [0.4, 0.5) is 0 Å². The summed E-state index contributed by atoms with van der Waals surface area (Å²) in [5.74, 6) is 1.07. The summed E-state index contributed by atoms with van der Waals surface area (Å²) >= 11 is 0. The first kappa shape index (κ1) is 35.1. The molecule has 0 radical (unpaired) electrons. The number of fused-ring (bicyclic) bond motifs is 1. The maximum Gasteiger partial charge on any atom is 0.216 e. The Morgan fingerprint density at radius 2 is 1.36 bits per heavy atom. The predicted octanol–water partition coefficient (Wildman–Crippen LogP) is 5.93. The topological polar surface area (TPSA) is 83.7 Å². The van der Waals surface area contributed by atoms with E-state index in [1.54, 1.807) is 6.07 Å². The number of likely N-dealkylation sites (N-methyl/N-ethyl adjacent to an activating group) is 1. The lowest BCUT2D eigenvalue weighted by Crippen LogP contribution is -2.25. The number of carbonyl (C=O) groups excluding carboxylic acids is 2. The number of hydrogen-bond acceptors (Lipinski definition) is 5. The fraction of sp³-hybridized carbons (Fsp3) is 0.615. The molecule has 33 heavy (non-hydrogen) atoms. The van der Waals surface area contributed by atoms with Crippen molar-refractivity contribution < 1.29 is 19.1 Å². The minimum Gasteiger partial charge on any atom is -0.488 e. The quantitative estimate of drug-likeness (QED) is 0.353. The summed E-state index contributed by atoms with van der Waals surface area (Å²) in [5.41, 5.74) is 1.35. The fourth-order valence-corrected chi connectivity index (χ4v) is 2.28. The Morgan fingerprint density at radius 1 is 0.848 bits per heavy atom. The van der Waals surface area contributed by atoms with E-state index in [1.165, 1.54) is 13.8 Å². The summed E-state index contributed by atoms with van der Waals surface area (Å²) in [6.07, 6.45) is 0. The third kappa shape index (κ3) is 15.0. The first-order valence-electron chi connectivity index (χ1n) is 12.2. The van der Waals surface area contributed by atoms with E-state index in [0.29, 0.717) is 37.0 Å². The van der Waals surface area contributed by atoms with Gasteiger partial charge in [-0.15, -0.1) is 0 Å². The number of nitrogens with zero attached hydrogens (tertiary/aromatic N) is 1. The molecule has 0 unspecified atom stereocenters. The summed E-state index contributed by atoms with van der Waals surface area (Å²) in [5, 5.41) is 3.57. The summed E-state index contributed by atoms with van der Waals surface area (Å²) in [6, 6.07) is 5.49. The van der Waals surface area contributed by atoms with E-state index in [-0.39, 0.29) is 11.7 Å². The van der Waals surface area contributed by atoms with Crippen molar-refractivity contribution in [2.75, 3.05) is 40.4 Å². The van der Waals surface area contributed by atoms with E-state index in [1.807, 2.05) is 86.5 Å². The van der Waals surface area contributed by atoms with Gasteiger partial charge in [-0.1, -0.05) is 55.4 Å². The highest BCUT2D eigenvalue weighted by Crippen LogP contribution is 2.33. The highest BCUT2D eigenvalue weighted by molar-refractivity contribution is 5.98. The zero-order valence-corrected chi connectivity index (χ0v) is 23.1. The van der Waals surface area contributed by atoms with Crippen LogP contribution in [0.5, 0.6) is 11.5 Å². The molecule has 0 bridgehead atoms. The smallest absolute Gasteiger partial charge is 0.216 e. The first-order chi connectivity index (χ1) is 15.9. The molecule has 0 atom stereocenters. The number of Topliss-reactive ketones (excluding diaryl/α,β-unsaturated/α-hetero) is 1. The van der Waals surface area contributed by atoms with Crippen molar-refractivity contribution in [2.45, 2.75) is 69.2 Å². The Kier molecular flexibility index (Phi) is 24.1. The van der Waals surface area contributed by atoms with Gasteiger partial charge in [0.15, 0.2) is 17.3 Å². The molecule has 1 aromatic carbocycles. The van der Waals surface area contributed by atoms with Crippen LogP contribution >= 0.6 is 0 Å². The third-order valence-electron chi connectivity index (χ3n) is 3.59. The number of rotatable bonds is 9. The number of hydrogen-bond donors (Lipinski definition) is 2. The van der Waals surface area contributed by atoms with Crippen molar-refractivity contribution in [2.24, 2.45) is 0 Å². The van der Waals surface area contributed by atoms with E-state index in [0.717, 1.165) is 17.4 Å². The van der Waals surface area contributed by atoms with Crippen LogP contribution in [0.3, 0.4) is 0 Å². The lowest BCUT2D eigenvalue weighted by molar-refractivity contribution is -0.119. The van der Waals surface area contributed by atoms with Crippen LogP contribution in [0.25, 0.3) is 10.9 Å². The molecule has 1 heterocycles. The summed E-state index contributed by atoms with van der Waals surface area (Å²) in [6.45, 7) is 21.0. The van der Waals surface area contributed by atoms with Gasteiger partial charge in [0, 0.05) is 37.4 Å². The maximum absolute atomic E-state index is 11.6. The first-order valence-corrected chi connectivity index (χ1v) is 12.2. The van der Waals surface area contributed by atoms with Gasteiger partial charge >= 0.3 is 0 Å². The average molecular weight is 468 g/mol. The van der Waals surface area contributed by atoms with Crippen LogP contribution in [0.2, 0.25) is 0 Å². The molecule has 0 saturated heterocycles. The second-order valence-electron chi connectivity index (χ2n) is 6.11. The van der Waals surface area contributed by atoms with Gasteiger partial charge in [0.25, 0.3) is 0 Å². The molecule has 192 valence electrons. The maximum atomic E-state index is 11.6. The predicted molar refractivity (Wildman–Crippen MR) is 142 cm³/mol. The van der Waals surface area contributed by atoms with Crippen LogP contribution in [0.15, 0.2) is 18.2 Å². The highest BCUT2D eigenvalue weighted by atomic mass is 16.5. The zero-order valence-electron chi connectivity index (χ0n) is 23.1. The number of carbonyl (C=O) groups is 2. The van der Waals surface area contributed by atoms with Crippen LogP contribution in [-0.4, -0.2) is 62.0 Å². The standard InChI is InChI=1S/C18H25N3O4.4C2H6/c1-12(22)15-9-14-10-17(25-8-6-21(3)4)18(11-16(14)20-15)24-7-5-19-13(2)23;4*1-2/h9-11,20H,5-8H2,1-4H3,(H,19,23);4*1-2H3. The second kappa shape index (κ2) is 22.6. The molecule has 2 N–H and O–H groups in total. The van der Waals surface area contributed by atoms with Gasteiger partial charge < -0.3 is 24.7 Å². The number of ketones is 1. The van der Waals surface area contributed by atoms with E-state index >= 15 is 0 Å². The minimum atomic E-state index is -0.100. The number of nitrogens with one attached hydrogen (secondary N) is 2. The molecule has 1 amide bonds. The fourth-order valence-electron chi connectivity index (χ4n) is 2.28. The molecular formula is C26H49N3O4. The summed E-state index contributed by atoms with van der Waals surface area (Å²) < 4.78 is 11.6. The molecule has 7 nitrogen and oxygen atoms in total. The lowest BCUT2D eigenvalue weighted by atomic mass is 10.2. The van der Waals surface area contributed by atoms with Gasteiger partial charge in [0.05, 0.1) is 12.2 Å². The molecule has 0 aliphatic heterocycles. The average Bonchev–Trinajstić information content (AvgIpc) is 3.25. The van der Waals surface area contributed by atoms with Crippen LogP contribution in [-0.2, 0) is 4.79 Å². The van der Waals surface area contributed by atoms with Gasteiger partial charge in [-0.05, 0) is 26.2 Å². The molecule has 0 saturated carbocycles. The Balaban J connectivity index is -0.00000101. The largest absolute Gasteiger partial charge is 0.488 e. The van der Waals surface area contributed by atoms with Crippen molar-refractivity contribution in [3.05, 3.63) is 23.9 Å². The number of H-pyrrole nitrogens is 1. The number of aromatic amines is 1.